The SMILES string of the molecule is CC(CNCc1nccs1)S(C)=O. The first-order valence-electron chi connectivity index (χ1n) is 4.11. The minimum atomic E-state index is -0.738. The first-order chi connectivity index (χ1) is 6.20. The molecule has 0 aliphatic rings. The fourth-order valence-corrected chi connectivity index (χ4v) is 1.78. The molecule has 0 saturated heterocycles. The normalized spacial score (nSPS) is 15.5. The van der Waals surface area contributed by atoms with E-state index in [-0.39, 0.29) is 5.25 Å². The lowest BCUT2D eigenvalue weighted by atomic mass is 10.4. The first kappa shape index (κ1) is 10.8. The Morgan fingerprint density at radius 3 is 3.08 bits per heavy atom. The summed E-state index contributed by atoms with van der Waals surface area (Å²) in [7, 11) is -0.738. The van der Waals surface area contributed by atoms with Gasteiger partial charge in [0, 0.05) is 47.0 Å². The van der Waals surface area contributed by atoms with Gasteiger partial charge in [0.1, 0.15) is 5.01 Å². The molecule has 0 aromatic carbocycles. The van der Waals surface area contributed by atoms with Crippen molar-refractivity contribution >= 4 is 22.1 Å². The molecule has 74 valence electrons. The molecule has 0 spiro atoms. The number of nitrogens with one attached hydrogen (secondary N) is 1. The molecule has 2 unspecified atom stereocenters. The number of nitrogens with zero attached hydrogens (tertiary/aromatic N) is 1. The van der Waals surface area contributed by atoms with Crippen molar-refractivity contribution in [3.05, 3.63) is 16.6 Å². The number of hydrogen-bond donors (Lipinski definition) is 1. The quantitative estimate of drug-likeness (QED) is 0.801. The number of thiazole rings is 1. The molecule has 13 heavy (non-hydrogen) atoms. The predicted octanol–water partition coefficient (Wildman–Crippen LogP) is 1.000. The van der Waals surface area contributed by atoms with E-state index in [2.05, 4.69) is 10.3 Å². The Morgan fingerprint density at radius 2 is 2.54 bits per heavy atom. The molecular weight excluding hydrogens is 204 g/mol. The lowest BCUT2D eigenvalue weighted by Crippen LogP contribution is -2.27. The molecule has 1 heterocycles. The molecule has 2 atom stereocenters. The molecule has 0 amide bonds. The van der Waals surface area contributed by atoms with E-state index in [0.717, 1.165) is 18.1 Å². The Hall–Kier alpha value is -0.260. The summed E-state index contributed by atoms with van der Waals surface area (Å²) in [6, 6.07) is 0. The monoisotopic (exact) mass is 218 g/mol. The third kappa shape index (κ3) is 3.97. The topological polar surface area (TPSA) is 42.0 Å². The minimum Gasteiger partial charge on any atom is -0.309 e. The van der Waals surface area contributed by atoms with Gasteiger partial charge >= 0.3 is 0 Å². The molecule has 5 heteroatoms. The van der Waals surface area contributed by atoms with Crippen LogP contribution in [-0.4, -0.2) is 27.2 Å². The van der Waals surface area contributed by atoms with Crippen molar-refractivity contribution < 1.29 is 4.21 Å². The van der Waals surface area contributed by atoms with Gasteiger partial charge in [-0.1, -0.05) is 0 Å². The van der Waals surface area contributed by atoms with Crippen molar-refractivity contribution in [1.29, 1.82) is 0 Å². The standard InChI is InChI=1S/C8H14N2OS2/c1-7(13(2)11)5-9-6-8-10-3-4-12-8/h3-4,7,9H,5-6H2,1-2H3. The van der Waals surface area contributed by atoms with Crippen LogP contribution in [0.25, 0.3) is 0 Å². The van der Waals surface area contributed by atoms with Crippen LogP contribution in [0.5, 0.6) is 0 Å². The molecule has 1 aromatic heterocycles. The highest BCUT2D eigenvalue weighted by atomic mass is 32.2. The summed E-state index contributed by atoms with van der Waals surface area (Å²) in [6.07, 6.45) is 3.53. The highest BCUT2D eigenvalue weighted by molar-refractivity contribution is 7.84. The van der Waals surface area contributed by atoms with E-state index in [0.29, 0.717) is 0 Å². The second-order valence-electron chi connectivity index (χ2n) is 2.87. The van der Waals surface area contributed by atoms with Crippen molar-refractivity contribution in [2.24, 2.45) is 0 Å². The zero-order valence-electron chi connectivity index (χ0n) is 7.82. The zero-order chi connectivity index (χ0) is 9.68. The molecule has 1 N–H and O–H groups in total. The second-order valence-corrected chi connectivity index (χ2v) is 5.65. The molecule has 0 bridgehead atoms. The number of rotatable bonds is 5. The van der Waals surface area contributed by atoms with Crippen molar-refractivity contribution in [2.75, 3.05) is 12.8 Å². The van der Waals surface area contributed by atoms with E-state index in [1.54, 1.807) is 23.8 Å². The van der Waals surface area contributed by atoms with Gasteiger partial charge in [0.15, 0.2) is 0 Å². The van der Waals surface area contributed by atoms with Crippen LogP contribution in [0, 0.1) is 0 Å². The zero-order valence-corrected chi connectivity index (χ0v) is 9.45. The van der Waals surface area contributed by atoms with Crippen LogP contribution in [0.1, 0.15) is 11.9 Å². The van der Waals surface area contributed by atoms with Gasteiger partial charge in [-0.2, -0.15) is 0 Å². The smallest absolute Gasteiger partial charge is 0.106 e. The van der Waals surface area contributed by atoms with Crippen molar-refractivity contribution in [3.63, 3.8) is 0 Å². The Morgan fingerprint density at radius 1 is 1.77 bits per heavy atom. The van der Waals surface area contributed by atoms with E-state index < -0.39 is 10.8 Å². The van der Waals surface area contributed by atoms with Crippen molar-refractivity contribution in [1.82, 2.24) is 10.3 Å². The molecule has 0 aliphatic carbocycles. The summed E-state index contributed by atoms with van der Waals surface area (Å²) < 4.78 is 11.0. The van der Waals surface area contributed by atoms with Gasteiger partial charge in [0.25, 0.3) is 0 Å². The van der Waals surface area contributed by atoms with Gasteiger partial charge in [0.05, 0.1) is 0 Å². The van der Waals surface area contributed by atoms with E-state index in [4.69, 9.17) is 0 Å². The fraction of sp³-hybridized carbons (Fsp3) is 0.625. The molecule has 0 aliphatic heterocycles. The van der Waals surface area contributed by atoms with Gasteiger partial charge in [-0.25, -0.2) is 4.98 Å². The maximum atomic E-state index is 11.0. The first-order valence-corrected chi connectivity index (χ1v) is 6.61. The maximum Gasteiger partial charge on any atom is 0.106 e. The second kappa shape index (κ2) is 5.47. The highest BCUT2D eigenvalue weighted by Crippen LogP contribution is 2.02. The Labute approximate surface area is 85.0 Å². The van der Waals surface area contributed by atoms with Gasteiger partial charge in [0.2, 0.25) is 0 Å². The third-order valence-corrected chi connectivity index (χ3v) is 3.84. The average Bonchev–Trinajstić information content (AvgIpc) is 2.56. The fourth-order valence-electron chi connectivity index (χ4n) is 0.840. The molecule has 0 radical (unpaired) electrons. The minimum absolute atomic E-state index is 0.208. The average molecular weight is 218 g/mol. The van der Waals surface area contributed by atoms with Gasteiger partial charge < -0.3 is 5.32 Å². The van der Waals surface area contributed by atoms with Crippen LogP contribution in [0.4, 0.5) is 0 Å². The molecule has 0 fully saturated rings. The van der Waals surface area contributed by atoms with Crippen molar-refractivity contribution in [3.8, 4) is 0 Å². The molecular formula is C8H14N2OS2. The number of aromatic nitrogens is 1. The van der Waals surface area contributed by atoms with Crippen LogP contribution >= 0.6 is 11.3 Å². The van der Waals surface area contributed by atoms with Crippen LogP contribution in [0.2, 0.25) is 0 Å². The van der Waals surface area contributed by atoms with Gasteiger partial charge in [-0.3, -0.25) is 4.21 Å². The van der Waals surface area contributed by atoms with Crippen LogP contribution < -0.4 is 5.32 Å². The lowest BCUT2D eigenvalue weighted by Gasteiger charge is -2.07. The van der Waals surface area contributed by atoms with Crippen LogP contribution in [0.15, 0.2) is 11.6 Å². The Kier molecular flexibility index (Phi) is 4.55. The molecule has 3 nitrogen and oxygen atoms in total. The summed E-state index contributed by atoms with van der Waals surface area (Å²) in [5, 5.41) is 6.47. The summed E-state index contributed by atoms with van der Waals surface area (Å²) in [5.74, 6) is 0. The lowest BCUT2D eigenvalue weighted by molar-refractivity contribution is 0.646. The summed E-state index contributed by atoms with van der Waals surface area (Å²) in [5.41, 5.74) is 0. The molecule has 0 saturated carbocycles. The van der Waals surface area contributed by atoms with E-state index in [1.165, 1.54) is 0 Å². The molecule has 1 aromatic rings. The third-order valence-electron chi connectivity index (χ3n) is 1.76. The summed E-state index contributed by atoms with van der Waals surface area (Å²) >= 11 is 1.63. The van der Waals surface area contributed by atoms with E-state index in [9.17, 15) is 4.21 Å². The van der Waals surface area contributed by atoms with Gasteiger partial charge in [-0.15, -0.1) is 11.3 Å². The Bertz CT molecular complexity index is 261. The van der Waals surface area contributed by atoms with Crippen LogP contribution in [-0.2, 0) is 17.3 Å². The van der Waals surface area contributed by atoms with E-state index >= 15 is 0 Å². The summed E-state index contributed by atoms with van der Waals surface area (Å²) in [6.45, 7) is 3.53. The Balaban J connectivity index is 2.18. The van der Waals surface area contributed by atoms with E-state index in [1.807, 2.05) is 12.3 Å². The largest absolute Gasteiger partial charge is 0.309 e. The molecule has 1 rings (SSSR count). The van der Waals surface area contributed by atoms with Crippen molar-refractivity contribution in [2.45, 2.75) is 18.7 Å². The van der Waals surface area contributed by atoms with Gasteiger partial charge in [-0.05, 0) is 6.92 Å². The van der Waals surface area contributed by atoms with Crippen LogP contribution in [0.3, 0.4) is 0 Å². The highest BCUT2D eigenvalue weighted by Gasteiger charge is 2.04. The number of hydrogen-bond acceptors (Lipinski definition) is 4. The predicted molar refractivity (Wildman–Crippen MR) is 57.3 cm³/mol. The maximum absolute atomic E-state index is 11.0. The summed E-state index contributed by atoms with van der Waals surface area (Å²) in [4.78, 5) is 4.14.